The van der Waals surface area contributed by atoms with Crippen molar-refractivity contribution < 1.29 is 9.53 Å². The Morgan fingerprint density at radius 2 is 2.14 bits per heavy atom. The number of aromatic amines is 1. The number of ether oxygens (including phenoxy) is 1. The van der Waals surface area contributed by atoms with Crippen LogP contribution >= 0.6 is 0 Å². The van der Waals surface area contributed by atoms with E-state index in [4.69, 9.17) is 4.74 Å². The number of benzene rings is 2. The smallest absolute Gasteiger partial charge is 0.255 e. The van der Waals surface area contributed by atoms with E-state index in [9.17, 15) is 4.79 Å². The molecule has 0 saturated carbocycles. The first-order chi connectivity index (χ1) is 10.8. The molecule has 0 radical (unpaired) electrons. The Balaban J connectivity index is 1.58. The van der Waals surface area contributed by atoms with E-state index in [1.54, 1.807) is 6.20 Å². The van der Waals surface area contributed by atoms with Crippen molar-refractivity contribution in [3.63, 3.8) is 0 Å². The van der Waals surface area contributed by atoms with Crippen LogP contribution in [0, 0.1) is 0 Å². The molecule has 1 aliphatic rings. The maximum Gasteiger partial charge on any atom is 0.255 e. The number of anilines is 1. The van der Waals surface area contributed by atoms with Crippen LogP contribution in [-0.2, 0) is 4.79 Å². The summed E-state index contributed by atoms with van der Waals surface area (Å²) in [7, 11) is 0. The molecule has 2 N–H and O–H groups in total. The molecule has 1 aliphatic heterocycles. The number of rotatable bonds is 2. The summed E-state index contributed by atoms with van der Waals surface area (Å²) in [6.45, 7) is 0.275. The van der Waals surface area contributed by atoms with Gasteiger partial charge in [0.25, 0.3) is 5.91 Å². The number of hydrogen-bond donors (Lipinski definition) is 2. The second kappa shape index (κ2) is 5.04. The van der Waals surface area contributed by atoms with E-state index in [-0.39, 0.29) is 12.5 Å². The maximum atomic E-state index is 12.4. The molecule has 22 heavy (non-hydrogen) atoms. The van der Waals surface area contributed by atoms with Crippen molar-refractivity contribution in [3.05, 3.63) is 59.8 Å². The molecule has 0 unspecified atom stereocenters. The molecule has 108 valence electrons. The lowest BCUT2D eigenvalue weighted by Gasteiger charge is -2.17. The number of fused-ring (bicyclic) bond motifs is 2. The van der Waals surface area contributed by atoms with E-state index in [0.717, 1.165) is 27.9 Å². The van der Waals surface area contributed by atoms with Crippen LogP contribution in [0.15, 0.2) is 54.2 Å². The van der Waals surface area contributed by atoms with Crippen LogP contribution in [0.2, 0.25) is 0 Å². The second-order valence-corrected chi connectivity index (χ2v) is 5.12. The lowest BCUT2D eigenvalue weighted by atomic mass is 10.1. The van der Waals surface area contributed by atoms with Crippen LogP contribution in [0.25, 0.3) is 17.0 Å². The van der Waals surface area contributed by atoms with Gasteiger partial charge in [-0.3, -0.25) is 9.89 Å². The van der Waals surface area contributed by atoms with Crippen molar-refractivity contribution in [3.8, 4) is 5.75 Å². The van der Waals surface area contributed by atoms with Gasteiger partial charge in [-0.1, -0.05) is 18.2 Å². The summed E-state index contributed by atoms with van der Waals surface area (Å²) in [5, 5.41) is 10.7. The normalized spacial score (nSPS) is 13.2. The number of carbonyl (C=O) groups excluding carboxylic acids is 1. The molecular formula is C17H13N3O2. The third kappa shape index (κ3) is 2.22. The van der Waals surface area contributed by atoms with Gasteiger partial charge in [0, 0.05) is 16.6 Å². The van der Waals surface area contributed by atoms with Gasteiger partial charge in [0.2, 0.25) is 0 Å². The number of aromatic nitrogens is 2. The molecule has 2 aromatic carbocycles. The molecule has 4 rings (SSSR count). The van der Waals surface area contributed by atoms with Gasteiger partial charge in [0.15, 0.2) is 0 Å². The summed E-state index contributed by atoms with van der Waals surface area (Å²) in [5.74, 6) is 0.649. The number of carbonyl (C=O) groups is 1. The Morgan fingerprint density at radius 1 is 1.23 bits per heavy atom. The minimum Gasteiger partial charge on any atom is -0.488 e. The number of para-hydroxylation sites is 1. The number of amides is 1. The number of nitrogens with one attached hydrogen (secondary N) is 2. The van der Waals surface area contributed by atoms with E-state index in [1.165, 1.54) is 0 Å². The van der Waals surface area contributed by atoms with Crippen molar-refractivity contribution in [2.24, 2.45) is 0 Å². The van der Waals surface area contributed by atoms with Gasteiger partial charge < -0.3 is 10.1 Å². The summed E-state index contributed by atoms with van der Waals surface area (Å²) in [6.07, 6.45) is 3.59. The van der Waals surface area contributed by atoms with Crippen LogP contribution in [0.4, 0.5) is 5.69 Å². The van der Waals surface area contributed by atoms with Crippen LogP contribution in [0.1, 0.15) is 5.56 Å². The fourth-order valence-electron chi connectivity index (χ4n) is 2.48. The lowest BCUT2D eigenvalue weighted by Crippen LogP contribution is -2.21. The summed E-state index contributed by atoms with van der Waals surface area (Å²) < 4.78 is 5.61. The van der Waals surface area contributed by atoms with Crippen LogP contribution < -0.4 is 10.1 Å². The zero-order valence-electron chi connectivity index (χ0n) is 11.7. The zero-order valence-corrected chi connectivity index (χ0v) is 11.7. The standard InChI is InChI=1S/C17H13N3O2/c21-17(13-7-11-3-1-2-4-16(11)22-10-13)19-14-5-6-15-12(8-14)9-18-20-15/h1-9H,10H2,(H,18,20)(H,19,21). The van der Waals surface area contributed by atoms with Crippen molar-refractivity contribution >= 4 is 28.6 Å². The average Bonchev–Trinajstić information content (AvgIpc) is 3.02. The van der Waals surface area contributed by atoms with E-state index in [2.05, 4.69) is 15.5 Å². The summed E-state index contributed by atoms with van der Waals surface area (Å²) in [4.78, 5) is 12.4. The molecule has 5 heteroatoms. The first-order valence-corrected chi connectivity index (χ1v) is 6.96. The third-order valence-electron chi connectivity index (χ3n) is 3.62. The Morgan fingerprint density at radius 3 is 3.09 bits per heavy atom. The van der Waals surface area contributed by atoms with E-state index < -0.39 is 0 Å². The summed E-state index contributed by atoms with van der Waals surface area (Å²) >= 11 is 0. The number of nitrogens with zero attached hydrogens (tertiary/aromatic N) is 1. The van der Waals surface area contributed by atoms with E-state index in [1.807, 2.05) is 48.5 Å². The van der Waals surface area contributed by atoms with Gasteiger partial charge in [-0.05, 0) is 30.3 Å². The molecule has 0 saturated heterocycles. The highest BCUT2D eigenvalue weighted by Gasteiger charge is 2.17. The number of hydrogen-bond acceptors (Lipinski definition) is 3. The molecule has 0 fully saturated rings. The summed E-state index contributed by atoms with van der Waals surface area (Å²) in [6, 6.07) is 13.3. The monoisotopic (exact) mass is 291 g/mol. The molecule has 0 atom stereocenters. The van der Waals surface area contributed by atoms with Gasteiger partial charge in [-0.15, -0.1) is 0 Å². The Labute approximate surface area is 126 Å². The first-order valence-electron chi connectivity index (χ1n) is 6.96. The molecule has 2 heterocycles. The average molecular weight is 291 g/mol. The quantitative estimate of drug-likeness (QED) is 0.762. The van der Waals surface area contributed by atoms with E-state index >= 15 is 0 Å². The van der Waals surface area contributed by atoms with E-state index in [0.29, 0.717) is 5.57 Å². The van der Waals surface area contributed by atoms with Crippen molar-refractivity contribution in [1.29, 1.82) is 0 Å². The second-order valence-electron chi connectivity index (χ2n) is 5.12. The fourth-order valence-corrected chi connectivity index (χ4v) is 2.48. The molecule has 1 aromatic heterocycles. The van der Waals surface area contributed by atoms with Gasteiger partial charge in [0.1, 0.15) is 12.4 Å². The minimum absolute atomic E-state index is 0.155. The Bertz CT molecular complexity index is 896. The third-order valence-corrected chi connectivity index (χ3v) is 3.62. The molecule has 1 amide bonds. The SMILES string of the molecule is O=C(Nc1ccc2[nH]ncc2c1)C1=Cc2ccccc2OC1. The van der Waals surface area contributed by atoms with Crippen LogP contribution in [0.3, 0.4) is 0 Å². The fraction of sp³-hybridized carbons (Fsp3) is 0.0588. The molecule has 0 spiro atoms. The molecule has 0 bridgehead atoms. The molecule has 0 aliphatic carbocycles. The topological polar surface area (TPSA) is 67.0 Å². The van der Waals surface area contributed by atoms with Crippen molar-refractivity contribution in [2.75, 3.05) is 11.9 Å². The molecular weight excluding hydrogens is 278 g/mol. The van der Waals surface area contributed by atoms with Gasteiger partial charge >= 0.3 is 0 Å². The van der Waals surface area contributed by atoms with Gasteiger partial charge in [-0.25, -0.2) is 0 Å². The number of H-pyrrole nitrogens is 1. The highest BCUT2D eigenvalue weighted by molar-refractivity contribution is 6.08. The first kappa shape index (κ1) is 12.6. The highest BCUT2D eigenvalue weighted by Crippen LogP contribution is 2.26. The molecule has 3 aromatic rings. The zero-order chi connectivity index (χ0) is 14.9. The van der Waals surface area contributed by atoms with Crippen LogP contribution in [0.5, 0.6) is 5.75 Å². The Kier molecular flexibility index (Phi) is 2.89. The van der Waals surface area contributed by atoms with Gasteiger partial charge in [-0.2, -0.15) is 5.10 Å². The Hall–Kier alpha value is -3.08. The van der Waals surface area contributed by atoms with Crippen molar-refractivity contribution in [2.45, 2.75) is 0 Å². The van der Waals surface area contributed by atoms with Crippen LogP contribution in [-0.4, -0.2) is 22.7 Å². The maximum absolute atomic E-state index is 12.4. The van der Waals surface area contributed by atoms with Crippen molar-refractivity contribution in [1.82, 2.24) is 10.2 Å². The van der Waals surface area contributed by atoms with Gasteiger partial charge in [0.05, 0.1) is 17.3 Å². The highest BCUT2D eigenvalue weighted by atomic mass is 16.5. The molecule has 5 nitrogen and oxygen atoms in total. The lowest BCUT2D eigenvalue weighted by molar-refractivity contribution is -0.113. The largest absolute Gasteiger partial charge is 0.488 e. The predicted octanol–water partition coefficient (Wildman–Crippen LogP) is 2.98. The summed E-state index contributed by atoms with van der Waals surface area (Å²) in [5.41, 5.74) is 3.20. The predicted molar refractivity (Wildman–Crippen MR) is 84.6 cm³/mol. The minimum atomic E-state index is -0.155.